The molecule has 5 heteroatoms. The highest BCUT2D eigenvalue weighted by atomic mass is 16.3. The maximum Gasteiger partial charge on any atom is 0.223 e. The molecular weight excluding hydrogens is 290 g/mol. The van der Waals surface area contributed by atoms with Gasteiger partial charge >= 0.3 is 0 Å². The molecule has 0 aliphatic carbocycles. The minimum atomic E-state index is -0.227. The zero-order valence-electron chi connectivity index (χ0n) is 14.8. The molecule has 2 saturated heterocycles. The predicted molar refractivity (Wildman–Crippen MR) is 93.4 cm³/mol. The number of nitrogens with zero attached hydrogens (tertiary/aromatic N) is 2. The minimum Gasteiger partial charge on any atom is -0.392 e. The highest BCUT2D eigenvalue weighted by Gasteiger charge is 2.25. The van der Waals surface area contributed by atoms with Crippen molar-refractivity contribution >= 4 is 5.91 Å². The van der Waals surface area contributed by atoms with Crippen LogP contribution in [-0.4, -0.2) is 72.7 Å². The molecule has 1 amide bonds. The van der Waals surface area contributed by atoms with Crippen LogP contribution in [0.3, 0.4) is 0 Å². The van der Waals surface area contributed by atoms with Crippen molar-refractivity contribution in [2.45, 2.75) is 58.0 Å². The normalized spacial score (nSPS) is 22.9. The number of likely N-dealkylation sites (tertiary alicyclic amines) is 2. The van der Waals surface area contributed by atoms with E-state index in [1.807, 2.05) is 6.92 Å². The Kier molecular flexibility index (Phi) is 8.34. The Morgan fingerprint density at radius 1 is 1.13 bits per heavy atom. The highest BCUT2D eigenvalue weighted by Crippen LogP contribution is 2.17. The van der Waals surface area contributed by atoms with Crippen molar-refractivity contribution in [1.82, 2.24) is 15.1 Å². The summed E-state index contributed by atoms with van der Waals surface area (Å²) in [5.74, 6) is 0.402. The van der Waals surface area contributed by atoms with Crippen molar-refractivity contribution in [2.75, 3.05) is 45.8 Å². The average Bonchev–Trinajstić information content (AvgIpc) is 2.60. The van der Waals surface area contributed by atoms with Crippen LogP contribution in [-0.2, 0) is 4.79 Å². The molecule has 0 radical (unpaired) electrons. The second-order valence-electron chi connectivity index (χ2n) is 7.18. The Morgan fingerprint density at radius 2 is 1.83 bits per heavy atom. The summed E-state index contributed by atoms with van der Waals surface area (Å²) in [7, 11) is 0. The Balaban J connectivity index is 1.54. The Bertz CT molecular complexity index is 337. The molecule has 0 saturated carbocycles. The van der Waals surface area contributed by atoms with Gasteiger partial charge in [-0.15, -0.1) is 0 Å². The maximum atomic E-state index is 12.2. The number of rotatable bonds is 8. The summed E-state index contributed by atoms with van der Waals surface area (Å²) in [5.41, 5.74) is 0. The van der Waals surface area contributed by atoms with Crippen LogP contribution in [0.25, 0.3) is 0 Å². The van der Waals surface area contributed by atoms with E-state index in [0.717, 1.165) is 58.4 Å². The molecule has 0 bridgehead atoms. The van der Waals surface area contributed by atoms with Crippen molar-refractivity contribution in [3.63, 3.8) is 0 Å². The molecule has 0 spiro atoms. The van der Waals surface area contributed by atoms with Gasteiger partial charge in [0.1, 0.15) is 0 Å². The first kappa shape index (κ1) is 18.7. The fourth-order valence-electron chi connectivity index (χ4n) is 3.65. The van der Waals surface area contributed by atoms with Gasteiger partial charge in [-0.25, -0.2) is 0 Å². The molecule has 1 atom stereocenters. The lowest BCUT2D eigenvalue weighted by Gasteiger charge is -2.32. The van der Waals surface area contributed by atoms with Crippen molar-refractivity contribution in [2.24, 2.45) is 5.92 Å². The lowest BCUT2D eigenvalue weighted by Crippen LogP contribution is -2.43. The van der Waals surface area contributed by atoms with E-state index in [1.54, 1.807) is 0 Å². The van der Waals surface area contributed by atoms with E-state index in [2.05, 4.69) is 15.1 Å². The van der Waals surface area contributed by atoms with Crippen LogP contribution in [0.4, 0.5) is 0 Å². The van der Waals surface area contributed by atoms with Crippen LogP contribution >= 0.6 is 0 Å². The fourth-order valence-corrected chi connectivity index (χ4v) is 3.65. The van der Waals surface area contributed by atoms with Crippen molar-refractivity contribution in [3.05, 3.63) is 0 Å². The van der Waals surface area contributed by atoms with Gasteiger partial charge in [0, 0.05) is 19.0 Å². The number of amides is 1. The molecule has 23 heavy (non-hydrogen) atoms. The molecule has 0 aromatic heterocycles. The summed E-state index contributed by atoms with van der Waals surface area (Å²) < 4.78 is 0. The van der Waals surface area contributed by atoms with Gasteiger partial charge in [-0.3, -0.25) is 4.79 Å². The van der Waals surface area contributed by atoms with Gasteiger partial charge in [-0.1, -0.05) is 13.3 Å². The number of β-amino-alcohol motifs (C(OH)–C–C–N with tert-alkyl or cyclic N) is 1. The molecule has 2 aliphatic rings. The first-order valence-corrected chi connectivity index (χ1v) is 9.59. The number of hydrogen-bond acceptors (Lipinski definition) is 4. The molecule has 2 fully saturated rings. The van der Waals surface area contributed by atoms with Gasteiger partial charge < -0.3 is 20.2 Å². The summed E-state index contributed by atoms with van der Waals surface area (Å²) >= 11 is 0. The predicted octanol–water partition coefficient (Wildman–Crippen LogP) is 1.46. The van der Waals surface area contributed by atoms with E-state index >= 15 is 0 Å². The van der Waals surface area contributed by atoms with Crippen LogP contribution in [0.2, 0.25) is 0 Å². The summed E-state index contributed by atoms with van der Waals surface area (Å²) in [5, 5.41) is 12.8. The van der Waals surface area contributed by atoms with E-state index in [1.165, 1.54) is 32.4 Å². The van der Waals surface area contributed by atoms with Gasteiger partial charge in [-0.2, -0.15) is 0 Å². The number of nitrogens with one attached hydrogen (secondary N) is 1. The SMILES string of the molecule is CC[C@@H](O)CN1CCC(C(=O)NCCCN2CCCCC2)CC1. The third-order valence-corrected chi connectivity index (χ3v) is 5.30. The van der Waals surface area contributed by atoms with E-state index < -0.39 is 0 Å². The third kappa shape index (κ3) is 6.77. The minimum absolute atomic E-state index is 0.167. The van der Waals surface area contributed by atoms with Crippen molar-refractivity contribution in [1.29, 1.82) is 0 Å². The van der Waals surface area contributed by atoms with Gasteiger partial charge in [0.05, 0.1) is 6.10 Å². The first-order chi connectivity index (χ1) is 11.2. The zero-order chi connectivity index (χ0) is 16.5. The largest absolute Gasteiger partial charge is 0.392 e. The van der Waals surface area contributed by atoms with Gasteiger partial charge in [0.2, 0.25) is 5.91 Å². The molecular formula is C18H35N3O2. The first-order valence-electron chi connectivity index (χ1n) is 9.59. The molecule has 0 aromatic carbocycles. The zero-order valence-corrected chi connectivity index (χ0v) is 14.8. The number of carbonyl (C=O) groups is 1. The van der Waals surface area contributed by atoms with Crippen LogP contribution in [0.15, 0.2) is 0 Å². The molecule has 0 aromatic rings. The molecule has 2 aliphatic heterocycles. The van der Waals surface area contributed by atoms with Gasteiger partial charge in [-0.05, 0) is 71.2 Å². The fraction of sp³-hybridized carbons (Fsp3) is 0.944. The molecule has 0 unspecified atom stereocenters. The van der Waals surface area contributed by atoms with Crippen molar-refractivity contribution in [3.8, 4) is 0 Å². The number of aliphatic hydroxyl groups is 1. The molecule has 5 nitrogen and oxygen atoms in total. The molecule has 2 rings (SSSR count). The van der Waals surface area contributed by atoms with Crippen LogP contribution in [0.5, 0.6) is 0 Å². The maximum absolute atomic E-state index is 12.2. The topological polar surface area (TPSA) is 55.8 Å². The second-order valence-corrected chi connectivity index (χ2v) is 7.18. The number of hydrogen-bond donors (Lipinski definition) is 2. The van der Waals surface area contributed by atoms with E-state index in [0.29, 0.717) is 0 Å². The third-order valence-electron chi connectivity index (χ3n) is 5.30. The highest BCUT2D eigenvalue weighted by molar-refractivity contribution is 5.78. The standard InChI is InChI=1S/C18H35N3O2/c1-2-17(22)15-21-13-7-16(8-14-21)18(23)19-9-6-12-20-10-4-3-5-11-20/h16-17,22H,2-15H2,1H3,(H,19,23)/t17-/m1/s1. The Hall–Kier alpha value is -0.650. The molecule has 134 valence electrons. The van der Waals surface area contributed by atoms with Gasteiger partial charge in [0.25, 0.3) is 0 Å². The van der Waals surface area contributed by atoms with E-state index in [-0.39, 0.29) is 17.9 Å². The van der Waals surface area contributed by atoms with Crippen LogP contribution < -0.4 is 5.32 Å². The number of piperidine rings is 2. The lowest BCUT2D eigenvalue weighted by atomic mass is 9.95. The lowest BCUT2D eigenvalue weighted by molar-refractivity contribution is -0.126. The van der Waals surface area contributed by atoms with Crippen LogP contribution in [0, 0.1) is 5.92 Å². The van der Waals surface area contributed by atoms with Gasteiger partial charge in [0.15, 0.2) is 0 Å². The number of aliphatic hydroxyl groups excluding tert-OH is 1. The Labute approximate surface area is 141 Å². The molecule has 2 heterocycles. The van der Waals surface area contributed by atoms with Crippen LogP contribution in [0.1, 0.15) is 51.9 Å². The summed E-state index contributed by atoms with van der Waals surface area (Å²) in [4.78, 5) is 17.0. The monoisotopic (exact) mass is 325 g/mol. The quantitative estimate of drug-likeness (QED) is 0.664. The smallest absolute Gasteiger partial charge is 0.223 e. The van der Waals surface area contributed by atoms with Crippen molar-refractivity contribution < 1.29 is 9.90 Å². The molecule has 2 N–H and O–H groups in total. The summed E-state index contributed by atoms with van der Waals surface area (Å²) in [6.45, 7) is 9.02. The number of carbonyl (C=O) groups excluding carboxylic acids is 1. The van der Waals surface area contributed by atoms with E-state index in [4.69, 9.17) is 0 Å². The average molecular weight is 325 g/mol. The Morgan fingerprint density at radius 3 is 2.48 bits per heavy atom. The summed E-state index contributed by atoms with van der Waals surface area (Å²) in [6.07, 6.45) is 7.53. The van der Waals surface area contributed by atoms with E-state index in [9.17, 15) is 9.90 Å². The second kappa shape index (κ2) is 10.3. The summed E-state index contributed by atoms with van der Waals surface area (Å²) in [6, 6.07) is 0.